The Morgan fingerprint density at radius 1 is 1.18 bits per heavy atom. The predicted molar refractivity (Wildman–Crippen MR) is 79.3 cm³/mol. The van der Waals surface area contributed by atoms with Gasteiger partial charge in [-0.3, -0.25) is 4.79 Å². The highest BCUT2D eigenvalue weighted by Gasteiger charge is 2.48. The highest BCUT2D eigenvalue weighted by Crippen LogP contribution is 2.39. The fraction of sp³-hybridized carbons (Fsp3) is 0.857. The van der Waals surface area contributed by atoms with Crippen LogP contribution in [0.1, 0.15) is 46.5 Å². The molecular weight excluding hydrogens is 310 g/mol. The molecule has 2 atom stereocenters. The van der Waals surface area contributed by atoms with Crippen molar-refractivity contribution in [2.45, 2.75) is 69.4 Å². The summed E-state index contributed by atoms with van der Waals surface area (Å²) in [6.07, 6.45) is 1.66. The van der Waals surface area contributed by atoms with E-state index in [1.165, 1.54) is 0 Å². The monoisotopic (exact) mass is 333 g/mol. The van der Waals surface area contributed by atoms with Gasteiger partial charge in [-0.25, -0.2) is 13.2 Å². The van der Waals surface area contributed by atoms with Gasteiger partial charge >= 0.3 is 12.1 Å². The first kappa shape index (κ1) is 17.1. The van der Waals surface area contributed by atoms with Crippen molar-refractivity contribution in [3.8, 4) is 0 Å². The number of ether oxygens (including phenoxy) is 1. The molecule has 126 valence electrons. The summed E-state index contributed by atoms with van der Waals surface area (Å²) in [5.41, 5.74) is -0.594. The van der Waals surface area contributed by atoms with Crippen molar-refractivity contribution in [2.24, 2.45) is 0 Å². The van der Waals surface area contributed by atoms with E-state index in [1.54, 1.807) is 25.7 Å². The number of aliphatic carboxylic acids is 1. The number of carbonyl (C=O) groups excluding carboxylic acids is 1. The molecule has 0 aliphatic carbocycles. The fourth-order valence-electron chi connectivity index (χ4n) is 3.32. The highest BCUT2D eigenvalue weighted by atomic mass is 32.2. The van der Waals surface area contributed by atoms with Crippen LogP contribution in [0.5, 0.6) is 0 Å². The van der Waals surface area contributed by atoms with E-state index in [0.717, 1.165) is 12.8 Å². The number of nitrogens with zero attached hydrogens (tertiary/aromatic N) is 1. The summed E-state index contributed by atoms with van der Waals surface area (Å²) in [4.78, 5) is 24.6. The maximum absolute atomic E-state index is 12.3. The second kappa shape index (κ2) is 5.72. The molecule has 0 spiro atoms. The number of hydrogen-bond donors (Lipinski definition) is 1. The molecular formula is C14H23NO6S. The van der Waals surface area contributed by atoms with Crippen LogP contribution in [0, 0.1) is 0 Å². The number of carboxylic acids is 1. The van der Waals surface area contributed by atoms with E-state index in [9.17, 15) is 18.0 Å². The van der Waals surface area contributed by atoms with Crippen LogP contribution in [-0.4, -0.2) is 59.2 Å². The molecule has 2 saturated heterocycles. The van der Waals surface area contributed by atoms with Crippen molar-refractivity contribution in [1.82, 2.24) is 4.90 Å². The van der Waals surface area contributed by atoms with Crippen LogP contribution in [0.3, 0.4) is 0 Å². The van der Waals surface area contributed by atoms with Gasteiger partial charge in [-0.1, -0.05) is 0 Å². The van der Waals surface area contributed by atoms with Gasteiger partial charge in [0.2, 0.25) is 0 Å². The number of piperidine rings is 1. The molecule has 0 aromatic heterocycles. The minimum atomic E-state index is -3.67. The van der Waals surface area contributed by atoms with Crippen molar-refractivity contribution < 1.29 is 27.9 Å². The molecule has 2 rings (SSSR count). The molecule has 2 heterocycles. The number of rotatable bonds is 3. The average molecular weight is 333 g/mol. The van der Waals surface area contributed by atoms with E-state index in [-0.39, 0.29) is 12.1 Å². The largest absolute Gasteiger partial charge is 0.480 e. The van der Waals surface area contributed by atoms with E-state index in [2.05, 4.69) is 0 Å². The lowest BCUT2D eigenvalue weighted by molar-refractivity contribution is -0.134. The summed E-state index contributed by atoms with van der Waals surface area (Å²) < 4.78 is 29.6. The number of carboxylic acid groups (broad SMARTS) is 1. The Kier molecular flexibility index (Phi) is 4.43. The Labute approximate surface area is 130 Å². The van der Waals surface area contributed by atoms with Crippen LogP contribution in [0.2, 0.25) is 0 Å². The maximum Gasteiger partial charge on any atom is 0.410 e. The van der Waals surface area contributed by atoms with Crippen LogP contribution in [0.4, 0.5) is 4.79 Å². The lowest BCUT2D eigenvalue weighted by atomic mass is 10.0. The van der Waals surface area contributed by atoms with Gasteiger partial charge in [0.05, 0.1) is 5.25 Å². The van der Waals surface area contributed by atoms with Crippen LogP contribution < -0.4 is 0 Å². The quantitative estimate of drug-likeness (QED) is 0.838. The summed E-state index contributed by atoms with van der Waals surface area (Å²) in [6.45, 7) is 5.37. The molecule has 2 fully saturated rings. The number of fused-ring (bicyclic) bond motifs is 2. The van der Waals surface area contributed by atoms with Crippen molar-refractivity contribution >= 4 is 21.9 Å². The van der Waals surface area contributed by atoms with E-state index in [1.807, 2.05) is 0 Å². The first-order chi connectivity index (χ1) is 9.99. The first-order valence-electron chi connectivity index (χ1n) is 7.44. The van der Waals surface area contributed by atoms with Crippen molar-refractivity contribution in [3.05, 3.63) is 0 Å². The van der Waals surface area contributed by atoms with Crippen LogP contribution in [0.15, 0.2) is 0 Å². The van der Waals surface area contributed by atoms with Gasteiger partial charge in [0.15, 0.2) is 9.84 Å². The molecule has 1 amide bonds. The van der Waals surface area contributed by atoms with Gasteiger partial charge < -0.3 is 14.7 Å². The Balaban J connectivity index is 2.09. The van der Waals surface area contributed by atoms with Gasteiger partial charge in [0.25, 0.3) is 0 Å². The van der Waals surface area contributed by atoms with Crippen molar-refractivity contribution in [3.63, 3.8) is 0 Å². The van der Waals surface area contributed by atoms with E-state index >= 15 is 0 Å². The van der Waals surface area contributed by atoms with E-state index in [0.29, 0.717) is 12.8 Å². The predicted octanol–water partition coefficient (Wildman–Crippen LogP) is 1.42. The Hall–Kier alpha value is -1.31. The van der Waals surface area contributed by atoms with Crippen LogP contribution >= 0.6 is 0 Å². The average Bonchev–Trinajstić information content (AvgIpc) is 2.56. The molecule has 0 saturated carbocycles. The van der Waals surface area contributed by atoms with Gasteiger partial charge in [0.1, 0.15) is 11.4 Å². The molecule has 7 nitrogen and oxygen atoms in total. The number of hydrogen-bond acceptors (Lipinski definition) is 5. The van der Waals surface area contributed by atoms with Gasteiger partial charge in [-0.2, -0.15) is 0 Å². The molecule has 2 aliphatic rings. The second-order valence-corrected chi connectivity index (χ2v) is 9.35. The zero-order chi connectivity index (χ0) is 16.7. The standard InChI is InChI=1S/C14H23NO6S/c1-14(2,3)21-13(18)15-9-4-5-10(15)7-11(6-9)22(19,20)8-12(16)17/h9-11H,4-8H2,1-3H3,(H,16,17). The third-order valence-electron chi connectivity index (χ3n) is 4.13. The van der Waals surface area contributed by atoms with E-state index in [4.69, 9.17) is 9.84 Å². The zero-order valence-corrected chi connectivity index (χ0v) is 13.9. The third-order valence-corrected chi connectivity index (χ3v) is 6.18. The molecule has 2 aliphatic heterocycles. The highest BCUT2D eigenvalue weighted by molar-refractivity contribution is 7.92. The number of carbonyl (C=O) groups is 2. The summed E-state index contributed by atoms with van der Waals surface area (Å²) in [7, 11) is -3.67. The van der Waals surface area contributed by atoms with Gasteiger partial charge in [0, 0.05) is 12.1 Å². The molecule has 0 aromatic rings. The molecule has 22 heavy (non-hydrogen) atoms. The van der Waals surface area contributed by atoms with E-state index < -0.39 is 38.5 Å². The molecule has 8 heteroatoms. The van der Waals surface area contributed by atoms with Crippen LogP contribution in [-0.2, 0) is 19.4 Å². The summed E-state index contributed by atoms with van der Waals surface area (Å²) in [5, 5.41) is 8.05. The first-order valence-corrected chi connectivity index (χ1v) is 9.16. The minimum Gasteiger partial charge on any atom is -0.480 e. The van der Waals surface area contributed by atoms with Crippen molar-refractivity contribution in [1.29, 1.82) is 0 Å². The molecule has 2 unspecified atom stereocenters. The fourth-order valence-corrected chi connectivity index (χ4v) is 4.93. The van der Waals surface area contributed by atoms with Gasteiger partial charge in [-0.05, 0) is 46.5 Å². The third kappa shape index (κ3) is 3.71. The Morgan fingerprint density at radius 3 is 2.09 bits per heavy atom. The Bertz CT molecular complexity index is 550. The maximum atomic E-state index is 12.3. The second-order valence-electron chi connectivity index (χ2n) is 7.07. The Morgan fingerprint density at radius 2 is 1.68 bits per heavy atom. The summed E-state index contributed by atoms with van der Waals surface area (Å²) in [5.74, 6) is -2.18. The lowest BCUT2D eigenvalue weighted by Gasteiger charge is -2.39. The lowest BCUT2D eigenvalue weighted by Crippen LogP contribution is -2.51. The number of amides is 1. The normalized spacial score (nSPS) is 28.5. The summed E-state index contributed by atoms with van der Waals surface area (Å²) in [6, 6.07) is -0.357. The minimum absolute atomic E-state index is 0.179. The van der Waals surface area contributed by atoms with Crippen molar-refractivity contribution in [2.75, 3.05) is 5.75 Å². The SMILES string of the molecule is CC(C)(C)OC(=O)N1C2CCC1CC(S(=O)(=O)CC(=O)O)C2. The number of sulfone groups is 1. The topological polar surface area (TPSA) is 101 Å². The van der Waals surface area contributed by atoms with Crippen LogP contribution in [0.25, 0.3) is 0 Å². The molecule has 0 radical (unpaired) electrons. The summed E-state index contributed by atoms with van der Waals surface area (Å²) >= 11 is 0. The molecule has 1 N–H and O–H groups in total. The van der Waals surface area contributed by atoms with Gasteiger partial charge in [-0.15, -0.1) is 0 Å². The molecule has 0 aromatic carbocycles. The molecule has 2 bridgehead atoms. The zero-order valence-electron chi connectivity index (χ0n) is 13.1. The smallest absolute Gasteiger partial charge is 0.410 e.